The van der Waals surface area contributed by atoms with Gasteiger partial charge in [-0.1, -0.05) is 12.1 Å². The normalized spacial score (nSPS) is 13.7. The summed E-state index contributed by atoms with van der Waals surface area (Å²) in [6.07, 6.45) is -0.890. The molecule has 5 rings (SSSR count). The van der Waals surface area contributed by atoms with Crippen molar-refractivity contribution >= 4 is 34.2 Å². The maximum Gasteiger partial charge on any atom is 0.443 e. The first kappa shape index (κ1) is 24.0. The summed E-state index contributed by atoms with van der Waals surface area (Å²) in [4.78, 5) is 34.6. The zero-order valence-corrected chi connectivity index (χ0v) is 20.0. The van der Waals surface area contributed by atoms with Crippen LogP contribution in [-0.2, 0) is 36.9 Å². The van der Waals surface area contributed by atoms with Crippen molar-refractivity contribution in [1.29, 1.82) is 0 Å². The second-order valence-corrected chi connectivity index (χ2v) is 9.83. The summed E-state index contributed by atoms with van der Waals surface area (Å²) in [5.74, 6) is -1.12. The van der Waals surface area contributed by atoms with E-state index in [-0.39, 0.29) is 24.4 Å². The molecule has 1 aliphatic heterocycles. The SMILES string of the molecule is Cc1cc(CC(=O)N2CCc3c(n(Cc4cnc(C(F)(F)F)s4)c4ncccc34)C2)ccc1C(=O)O. The number of nitrogens with zero attached hydrogens (tertiary/aromatic N) is 4. The number of carboxylic acids is 1. The molecule has 0 atom stereocenters. The number of aromatic carboxylic acids is 1. The van der Waals surface area contributed by atoms with Gasteiger partial charge >= 0.3 is 12.1 Å². The van der Waals surface area contributed by atoms with Crippen LogP contribution in [0, 0.1) is 6.92 Å². The molecule has 7 nitrogen and oxygen atoms in total. The molecular formula is C25H21F3N4O3S. The van der Waals surface area contributed by atoms with Crippen molar-refractivity contribution in [2.45, 2.75) is 39.0 Å². The number of amides is 1. The standard InChI is InChI=1S/C25H21F3N4O3S/c1-14-9-15(4-5-17(14)23(34)35)10-21(33)31-8-6-18-19-3-2-7-29-22(19)32(20(18)13-31)12-16-11-30-24(36-16)25(26,27)28/h2-5,7,9,11H,6,8,10,12-13H2,1H3,(H,34,35). The minimum Gasteiger partial charge on any atom is -0.478 e. The van der Waals surface area contributed by atoms with E-state index in [9.17, 15) is 27.9 Å². The van der Waals surface area contributed by atoms with E-state index in [1.54, 1.807) is 30.2 Å². The first-order chi connectivity index (χ1) is 17.1. The van der Waals surface area contributed by atoms with Crippen LogP contribution in [0.5, 0.6) is 0 Å². The summed E-state index contributed by atoms with van der Waals surface area (Å²) in [6.45, 7) is 2.68. The lowest BCUT2D eigenvalue weighted by molar-refractivity contribution is -0.137. The van der Waals surface area contributed by atoms with Gasteiger partial charge in [0.2, 0.25) is 5.91 Å². The predicted molar refractivity (Wildman–Crippen MR) is 127 cm³/mol. The molecule has 0 bridgehead atoms. The van der Waals surface area contributed by atoms with Gasteiger partial charge in [0, 0.05) is 34.9 Å². The van der Waals surface area contributed by atoms with E-state index in [0.717, 1.165) is 22.2 Å². The lowest BCUT2D eigenvalue weighted by atomic mass is 10.0. The van der Waals surface area contributed by atoms with E-state index in [2.05, 4.69) is 9.97 Å². The van der Waals surface area contributed by atoms with Crippen LogP contribution in [0.25, 0.3) is 11.0 Å². The molecule has 1 aliphatic rings. The van der Waals surface area contributed by atoms with E-state index in [4.69, 9.17) is 0 Å². The van der Waals surface area contributed by atoms with Gasteiger partial charge in [0.15, 0.2) is 5.01 Å². The maximum atomic E-state index is 13.2. The third-order valence-corrected chi connectivity index (χ3v) is 7.38. The Bertz CT molecular complexity index is 1490. The summed E-state index contributed by atoms with van der Waals surface area (Å²) in [5.41, 5.74) is 4.07. The van der Waals surface area contributed by atoms with Crippen LogP contribution in [0.15, 0.2) is 42.7 Å². The van der Waals surface area contributed by atoms with Gasteiger partial charge in [0.25, 0.3) is 0 Å². The van der Waals surface area contributed by atoms with E-state index in [0.29, 0.717) is 46.9 Å². The Morgan fingerprint density at radius 1 is 1.19 bits per heavy atom. The number of carboxylic acid groups (broad SMARTS) is 1. The lowest BCUT2D eigenvalue weighted by Crippen LogP contribution is -2.37. The topological polar surface area (TPSA) is 88.3 Å². The van der Waals surface area contributed by atoms with Gasteiger partial charge in [-0.25, -0.2) is 14.8 Å². The average Bonchev–Trinajstić information content (AvgIpc) is 3.42. The number of rotatable bonds is 5. The Morgan fingerprint density at radius 3 is 2.69 bits per heavy atom. The molecule has 0 radical (unpaired) electrons. The molecule has 36 heavy (non-hydrogen) atoms. The highest BCUT2D eigenvalue weighted by atomic mass is 32.1. The fraction of sp³-hybridized carbons (Fsp3) is 0.280. The van der Waals surface area contributed by atoms with Gasteiger partial charge < -0.3 is 14.6 Å². The molecule has 0 spiro atoms. The van der Waals surface area contributed by atoms with Crippen molar-refractivity contribution in [1.82, 2.24) is 19.4 Å². The fourth-order valence-electron chi connectivity index (χ4n) is 4.67. The molecule has 3 aromatic heterocycles. The number of fused-ring (bicyclic) bond motifs is 3. The van der Waals surface area contributed by atoms with Crippen LogP contribution in [0.2, 0.25) is 0 Å². The number of aryl methyl sites for hydroxylation is 1. The van der Waals surface area contributed by atoms with E-state index < -0.39 is 17.2 Å². The highest BCUT2D eigenvalue weighted by Crippen LogP contribution is 2.35. The summed E-state index contributed by atoms with van der Waals surface area (Å²) >= 11 is 0.604. The number of aromatic nitrogens is 3. The van der Waals surface area contributed by atoms with Gasteiger partial charge in [-0.05, 0) is 48.2 Å². The third kappa shape index (κ3) is 4.46. The van der Waals surface area contributed by atoms with Crippen molar-refractivity contribution in [3.8, 4) is 0 Å². The quantitative estimate of drug-likeness (QED) is 0.417. The number of benzene rings is 1. The monoisotopic (exact) mass is 514 g/mol. The van der Waals surface area contributed by atoms with Crippen molar-refractivity contribution in [2.75, 3.05) is 6.54 Å². The smallest absolute Gasteiger partial charge is 0.443 e. The van der Waals surface area contributed by atoms with Crippen LogP contribution in [0.1, 0.15) is 42.6 Å². The molecule has 0 aliphatic carbocycles. The van der Waals surface area contributed by atoms with Crippen LogP contribution < -0.4 is 0 Å². The number of hydrogen-bond acceptors (Lipinski definition) is 5. The predicted octanol–water partition coefficient (Wildman–Crippen LogP) is 4.69. The molecule has 4 aromatic rings. The molecule has 11 heteroatoms. The number of thiazole rings is 1. The van der Waals surface area contributed by atoms with Crippen molar-refractivity contribution in [3.05, 3.63) is 80.6 Å². The molecule has 0 unspecified atom stereocenters. The number of alkyl halides is 3. The minimum atomic E-state index is -4.50. The Hall–Kier alpha value is -3.73. The van der Waals surface area contributed by atoms with Crippen molar-refractivity contribution in [3.63, 3.8) is 0 Å². The van der Waals surface area contributed by atoms with E-state index >= 15 is 0 Å². The average molecular weight is 515 g/mol. The van der Waals surface area contributed by atoms with E-state index in [1.807, 2.05) is 16.7 Å². The number of carbonyl (C=O) groups excluding carboxylic acids is 1. The lowest BCUT2D eigenvalue weighted by Gasteiger charge is -2.28. The van der Waals surface area contributed by atoms with Gasteiger partial charge in [0.05, 0.1) is 25.1 Å². The van der Waals surface area contributed by atoms with Gasteiger partial charge in [0.1, 0.15) is 5.65 Å². The summed E-state index contributed by atoms with van der Waals surface area (Å²) in [6, 6.07) is 8.62. The highest BCUT2D eigenvalue weighted by molar-refractivity contribution is 7.11. The molecule has 1 amide bonds. The molecule has 1 aromatic carbocycles. The second kappa shape index (κ2) is 9.05. The zero-order valence-electron chi connectivity index (χ0n) is 19.2. The number of hydrogen-bond donors (Lipinski definition) is 1. The summed E-state index contributed by atoms with van der Waals surface area (Å²) < 4.78 is 41.1. The first-order valence-corrected chi connectivity index (χ1v) is 12.0. The number of halogens is 3. The van der Waals surface area contributed by atoms with Gasteiger partial charge in [-0.15, -0.1) is 11.3 Å². The molecule has 0 saturated carbocycles. The number of carbonyl (C=O) groups is 2. The number of pyridine rings is 1. The third-order valence-electron chi connectivity index (χ3n) is 6.35. The summed E-state index contributed by atoms with van der Waals surface area (Å²) in [7, 11) is 0. The fourth-order valence-corrected chi connectivity index (χ4v) is 5.44. The molecule has 4 heterocycles. The van der Waals surface area contributed by atoms with Crippen LogP contribution in [0.4, 0.5) is 13.2 Å². The van der Waals surface area contributed by atoms with E-state index in [1.165, 1.54) is 12.3 Å². The van der Waals surface area contributed by atoms with Crippen LogP contribution in [0.3, 0.4) is 0 Å². The van der Waals surface area contributed by atoms with Gasteiger partial charge in [-0.2, -0.15) is 13.2 Å². The highest BCUT2D eigenvalue weighted by Gasteiger charge is 2.35. The second-order valence-electron chi connectivity index (χ2n) is 8.71. The van der Waals surface area contributed by atoms with Crippen molar-refractivity contribution in [2.24, 2.45) is 0 Å². The molecular weight excluding hydrogens is 493 g/mol. The van der Waals surface area contributed by atoms with Crippen molar-refractivity contribution < 1.29 is 27.9 Å². The Balaban J connectivity index is 1.42. The zero-order chi connectivity index (χ0) is 25.6. The maximum absolute atomic E-state index is 13.2. The minimum absolute atomic E-state index is 0.106. The van der Waals surface area contributed by atoms with Crippen LogP contribution >= 0.6 is 11.3 Å². The Labute approximate surface area is 207 Å². The first-order valence-electron chi connectivity index (χ1n) is 11.2. The molecule has 186 valence electrons. The Morgan fingerprint density at radius 2 is 2.00 bits per heavy atom. The van der Waals surface area contributed by atoms with Crippen LogP contribution in [-0.4, -0.2) is 43.0 Å². The Kier molecular flexibility index (Phi) is 6.03. The molecule has 1 N–H and O–H groups in total. The largest absolute Gasteiger partial charge is 0.478 e. The van der Waals surface area contributed by atoms with Gasteiger partial charge in [-0.3, -0.25) is 4.79 Å². The molecule has 0 saturated heterocycles. The summed E-state index contributed by atoms with van der Waals surface area (Å²) in [5, 5.41) is 9.27. The molecule has 0 fully saturated rings.